The zero-order valence-electron chi connectivity index (χ0n) is 12.7. The number of hydrogen-bond donors (Lipinski definition) is 0. The Morgan fingerprint density at radius 2 is 1.83 bits per heavy atom. The number of carbonyl (C=O) groups is 1. The Balaban J connectivity index is 1.54. The van der Waals surface area contributed by atoms with Crippen LogP contribution < -0.4 is 10.3 Å². The fraction of sp³-hybridized carbons (Fsp3) is 0.333. The second-order valence-corrected chi connectivity index (χ2v) is 6.28. The van der Waals surface area contributed by atoms with Crippen LogP contribution in [0.3, 0.4) is 0 Å². The van der Waals surface area contributed by atoms with Gasteiger partial charge in [0.05, 0.1) is 0 Å². The summed E-state index contributed by atoms with van der Waals surface area (Å²) in [7, 11) is 0. The van der Waals surface area contributed by atoms with Crippen molar-refractivity contribution in [2.45, 2.75) is 18.9 Å². The van der Waals surface area contributed by atoms with Crippen molar-refractivity contribution in [1.82, 2.24) is 9.47 Å². The van der Waals surface area contributed by atoms with Gasteiger partial charge in [0.15, 0.2) is 0 Å². The van der Waals surface area contributed by atoms with Gasteiger partial charge in [0, 0.05) is 37.3 Å². The molecule has 1 aromatic heterocycles. The molecule has 0 aliphatic carbocycles. The molecule has 1 fully saturated rings. The van der Waals surface area contributed by atoms with Gasteiger partial charge in [-0.05, 0) is 30.5 Å². The standard InChI is InChI=1S/C18H18N2O3/c21-17-8-4-7-16-14-9-13(11-20(16)17)10-19(12-14)18(22)23-15-5-2-1-3-6-15/h1-8,13-14H,9-12H2/t13-,14+/m0/s1. The molecule has 4 rings (SSSR count). The van der Waals surface area contributed by atoms with Crippen molar-refractivity contribution in [2.24, 2.45) is 5.92 Å². The lowest BCUT2D eigenvalue weighted by Gasteiger charge is -2.42. The molecule has 2 aliphatic rings. The second-order valence-electron chi connectivity index (χ2n) is 6.28. The molecule has 1 amide bonds. The highest BCUT2D eigenvalue weighted by atomic mass is 16.6. The van der Waals surface area contributed by atoms with Crippen LogP contribution in [-0.4, -0.2) is 28.6 Å². The zero-order chi connectivity index (χ0) is 15.8. The van der Waals surface area contributed by atoms with Crippen LogP contribution in [0.2, 0.25) is 0 Å². The van der Waals surface area contributed by atoms with Crippen LogP contribution in [0.25, 0.3) is 0 Å². The molecule has 3 heterocycles. The number of likely N-dealkylation sites (tertiary alicyclic amines) is 1. The molecule has 2 aliphatic heterocycles. The molecule has 0 saturated carbocycles. The number of benzene rings is 1. The van der Waals surface area contributed by atoms with Crippen molar-refractivity contribution in [3.63, 3.8) is 0 Å². The maximum atomic E-state index is 12.4. The average Bonchev–Trinajstić information content (AvgIpc) is 2.57. The topological polar surface area (TPSA) is 51.5 Å². The van der Waals surface area contributed by atoms with Crippen molar-refractivity contribution in [3.05, 3.63) is 64.6 Å². The lowest BCUT2D eigenvalue weighted by atomic mass is 9.83. The SMILES string of the molecule is O=C(Oc1ccccc1)N1C[C@@H]2C[C@H](C1)c1cccc(=O)n1C2. The second kappa shape index (κ2) is 5.57. The molecule has 23 heavy (non-hydrogen) atoms. The van der Waals surface area contributed by atoms with E-state index >= 15 is 0 Å². The third kappa shape index (κ3) is 2.63. The number of hydrogen-bond acceptors (Lipinski definition) is 3. The first-order valence-electron chi connectivity index (χ1n) is 7.92. The van der Waals surface area contributed by atoms with E-state index in [1.807, 2.05) is 28.8 Å². The molecule has 0 spiro atoms. The maximum Gasteiger partial charge on any atom is 0.415 e. The fourth-order valence-corrected chi connectivity index (χ4v) is 3.70. The quantitative estimate of drug-likeness (QED) is 0.813. The third-order valence-corrected chi connectivity index (χ3v) is 4.69. The molecule has 0 unspecified atom stereocenters. The Morgan fingerprint density at radius 3 is 2.65 bits per heavy atom. The van der Waals surface area contributed by atoms with Crippen molar-refractivity contribution in [1.29, 1.82) is 0 Å². The first-order valence-corrected chi connectivity index (χ1v) is 7.92. The number of pyridine rings is 1. The van der Waals surface area contributed by atoms with Gasteiger partial charge in [-0.1, -0.05) is 24.3 Å². The highest BCUT2D eigenvalue weighted by Gasteiger charge is 2.36. The van der Waals surface area contributed by atoms with Gasteiger partial charge in [0.25, 0.3) is 5.56 Å². The van der Waals surface area contributed by atoms with E-state index in [0.29, 0.717) is 31.3 Å². The Bertz CT molecular complexity index is 784. The highest BCUT2D eigenvalue weighted by molar-refractivity contribution is 5.71. The van der Waals surface area contributed by atoms with E-state index < -0.39 is 0 Å². The van der Waals surface area contributed by atoms with Gasteiger partial charge in [0.1, 0.15) is 5.75 Å². The third-order valence-electron chi connectivity index (χ3n) is 4.69. The van der Waals surface area contributed by atoms with Crippen LogP contribution >= 0.6 is 0 Å². The predicted octanol–water partition coefficient (Wildman–Crippen LogP) is 2.47. The molecule has 1 aromatic carbocycles. The number of piperidine rings is 1. The van der Waals surface area contributed by atoms with Gasteiger partial charge >= 0.3 is 6.09 Å². The summed E-state index contributed by atoms with van der Waals surface area (Å²) >= 11 is 0. The molecule has 2 bridgehead atoms. The molecule has 2 aromatic rings. The molecule has 0 N–H and O–H groups in total. The maximum absolute atomic E-state index is 12.4. The van der Waals surface area contributed by atoms with Crippen LogP contribution in [0, 0.1) is 5.92 Å². The van der Waals surface area contributed by atoms with Crippen LogP contribution in [0.5, 0.6) is 5.75 Å². The van der Waals surface area contributed by atoms with Crippen molar-refractivity contribution >= 4 is 6.09 Å². The van der Waals surface area contributed by atoms with Crippen LogP contribution in [-0.2, 0) is 6.54 Å². The van der Waals surface area contributed by atoms with Crippen molar-refractivity contribution in [3.8, 4) is 5.75 Å². The fourth-order valence-electron chi connectivity index (χ4n) is 3.70. The van der Waals surface area contributed by atoms with E-state index in [-0.39, 0.29) is 17.6 Å². The number of nitrogens with zero attached hydrogens (tertiary/aromatic N) is 2. The molecule has 2 atom stereocenters. The van der Waals surface area contributed by atoms with E-state index in [1.165, 1.54) is 0 Å². The summed E-state index contributed by atoms with van der Waals surface area (Å²) in [6.07, 6.45) is 0.719. The number of amides is 1. The molecule has 118 valence electrons. The zero-order valence-corrected chi connectivity index (χ0v) is 12.7. The number of rotatable bonds is 1. The number of carbonyl (C=O) groups excluding carboxylic acids is 1. The minimum atomic E-state index is -0.308. The molecule has 5 nitrogen and oxygen atoms in total. The Morgan fingerprint density at radius 1 is 1.00 bits per heavy atom. The van der Waals surface area contributed by atoms with E-state index in [1.54, 1.807) is 29.2 Å². The Labute approximate surface area is 134 Å². The molecular formula is C18H18N2O3. The van der Waals surface area contributed by atoms with Gasteiger partial charge in [0.2, 0.25) is 0 Å². The van der Waals surface area contributed by atoms with E-state index in [9.17, 15) is 9.59 Å². The summed E-state index contributed by atoms with van der Waals surface area (Å²) in [5, 5.41) is 0. The predicted molar refractivity (Wildman–Crippen MR) is 85.6 cm³/mol. The number of para-hydroxylation sites is 1. The van der Waals surface area contributed by atoms with Crippen molar-refractivity contribution in [2.75, 3.05) is 13.1 Å². The number of ether oxygens (including phenoxy) is 1. The van der Waals surface area contributed by atoms with Crippen LogP contribution in [0.15, 0.2) is 53.3 Å². The summed E-state index contributed by atoms with van der Waals surface area (Å²) in [6.45, 7) is 1.93. The molecule has 1 saturated heterocycles. The lowest BCUT2D eigenvalue weighted by Crippen LogP contribution is -2.49. The normalized spacial score (nSPS) is 22.3. The number of aromatic nitrogens is 1. The summed E-state index contributed by atoms with van der Waals surface area (Å²) in [5.74, 6) is 1.08. The van der Waals surface area contributed by atoms with Gasteiger partial charge in [-0.3, -0.25) is 4.79 Å². The molecule has 5 heteroatoms. The van der Waals surface area contributed by atoms with E-state index in [0.717, 1.165) is 12.1 Å². The molecule has 0 radical (unpaired) electrons. The van der Waals surface area contributed by atoms with E-state index in [2.05, 4.69) is 0 Å². The Hall–Kier alpha value is -2.56. The van der Waals surface area contributed by atoms with Gasteiger partial charge in [-0.25, -0.2) is 4.79 Å². The van der Waals surface area contributed by atoms with Gasteiger partial charge in [-0.2, -0.15) is 0 Å². The minimum Gasteiger partial charge on any atom is -0.410 e. The first kappa shape index (κ1) is 14.1. The van der Waals surface area contributed by atoms with Crippen molar-refractivity contribution < 1.29 is 9.53 Å². The van der Waals surface area contributed by atoms with Gasteiger partial charge < -0.3 is 14.2 Å². The van der Waals surface area contributed by atoms with Crippen LogP contribution in [0.1, 0.15) is 18.0 Å². The summed E-state index contributed by atoms with van der Waals surface area (Å²) in [4.78, 5) is 26.2. The highest BCUT2D eigenvalue weighted by Crippen LogP contribution is 2.35. The van der Waals surface area contributed by atoms with Crippen LogP contribution in [0.4, 0.5) is 4.79 Å². The first-order chi connectivity index (χ1) is 11.2. The summed E-state index contributed by atoms with van der Waals surface area (Å²) in [5.41, 5.74) is 1.09. The van der Waals surface area contributed by atoms with E-state index in [4.69, 9.17) is 4.74 Å². The largest absolute Gasteiger partial charge is 0.415 e. The summed E-state index contributed by atoms with van der Waals surface area (Å²) < 4.78 is 7.31. The monoisotopic (exact) mass is 310 g/mol. The lowest BCUT2D eigenvalue weighted by molar-refractivity contribution is 0.102. The minimum absolute atomic E-state index is 0.0533. The van der Waals surface area contributed by atoms with Gasteiger partial charge in [-0.15, -0.1) is 0 Å². The molecular weight excluding hydrogens is 292 g/mol. The Kier molecular flexibility index (Phi) is 3.41. The smallest absolute Gasteiger partial charge is 0.410 e. The average molecular weight is 310 g/mol. The summed E-state index contributed by atoms with van der Waals surface area (Å²) in [6, 6.07) is 14.5. The number of fused-ring (bicyclic) bond motifs is 4.